The molecule has 2 aromatic carbocycles. The number of aryl methyl sites for hydroxylation is 1. The quantitative estimate of drug-likeness (QED) is 0.225. The number of hydrogen-bond acceptors (Lipinski definition) is 6. The van der Waals surface area contributed by atoms with Crippen LogP contribution in [0.1, 0.15) is 30.2 Å². The number of H-pyrrole nitrogens is 1. The normalized spacial score (nSPS) is 11.0. The van der Waals surface area contributed by atoms with E-state index in [4.69, 9.17) is 44.3 Å². The van der Waals surface area contributed by atoms with E-state index in [2.05, 4.69) is 20.5 Å². The first-order valence-corrected chi connectivity index (χ1v) is 10.9. The number of hydrazone groups is 1. The van der Waals surface area contributed by atoms with E-state index >= 15 is 0 Å². The number of anilines is 1. The lowest BCUT2D eigenvalue weighted by molar-refractivity contribution is 0.284. The first-order valence-electron chi connectivity index (χ1n) is 9.73. The van der Waals surface area contributed by atoms with Gasteiger partial charge in [-0.25, -0.2) is 10.4 Å². The van der Waals surface area contributed by atoms with Gasteiger partial charge in [-0.1, -0.05) is 48.1 Å². The molecule has 0 aliphatic rings. The van der Waals surface area contributed by atoms with Gasteiger partial charge in [0, 0.05) is 22.3 Å². The Bertz CT molecular complexity index is 1180. The summed E-state index contributed by atoms with van der Waals surface area (Å²) in [5.41, 5.74) is 4.54. The van der Waals surface area contributed by atoms with Crippen molar-refractivity contribution in [2.24, 2.45) is 5.10 Å². The van der Waals surface area contributed by atoms with Gasteiger partial charge in [0.15, 0.2) is 11.5 Å². The topological polar surface area (TPSA) is 88.6 Å². The molecule has 0 spiro atoms. The summed E-state index contributed by atoms with van der Waals surface area (Å²) in [6.07, 6.45) is 3.18. The minimum absolute atomic E-state index is 0.122. The van der Waals surface area contributed by atoms with Crippen LogP contribution in [0.25, 0.3) is 0 Å². The Balaban J connectivity index is 1.70. The van der Waals surface area contributed by atoms with Crippen LogP contribution in [0.5, 0.6) is 11.5 Å². The molecule has 0 fully saturated rings. The number of rotatable bonds is 9. The fraction of sp³-hybridized carbons (Fsp3) is 0.227. The summed E-state index contributed by atoms with van der Waals surface area (Å²) in [6, 6.07) is 10.1. The summed E-state index contributed by atoms with van der Waals surface area (Å²) in [7, 11) is 1.54. The lowest BCUT2D eigenvalue weighted by Crippen LogP contribution is -2.12. The van der Waals surface area contributed by atoms with Gasteiger partial charge in [-0.3, -0.25) is 9.78 Å². The smallest absolute Gasteiger partial charge is 0.252 e. The fourth-order valence-electron chi connectivity index (χ4n) is 2.85. The molecule has 0 amide bonds. The molecule has 0 unspecified atom stereocenters. The first kappa shape index (κ1) is 23.9. The monoisotopic (exact) mass is 494 g/mol. The third-order valence-corrected chi connectivity index (χ3v) is 5.58. The minimum atomic E-state index is -0.232. The third kappa shape index (κ3) is 6.16. The van der Waals surface area contributed by atoms with Crippen LogP contribution in [0.4, 0.5) is 5.95 Å². The standard InChI is InChI=1S/C22H21Cl3N4O3/c1-3-4-14-10-20(30)28-22(27-14)29-26-11-13-5-8-18(19(9-13)31-2)32-12-15-16(23)6-7-17(24)21(15)25/h5-11H,3-4,12H2,1-2H3,(H2,27,28,29,30)/b26-11-. The van der Waals surface area contributed by atoms with E-state index in [1.54, 1.807) is 36.5 Å². The highest BCUT2D eigenvalue weighted by Gasteiger charge is 2.12. The maximum Gasteiger partial charge on any atom is 0.252 e. The zero-order valence-electron chi connectivity index (χ0n) is 17.4. The number of hydrogen-bond donors (Lipinski definition) is 2. The maximum atomic E-state index is 11.7. The second-order valence-electron chi connectivity index (χ2n) is 6.73. The van der Waals surface area contributed by atoms with E-state index < -0.39 is 0 Å². The summed E-state index contributed by atoms with van der Waals surface area (Å²) in [5.74, 6) is 1.28. The number of aromatic amines is 1. The van der Waals surface area contributed by atoms with Crippen LogP contribution in [-0.2, 0) is 13.0 Å². The molecule has 0 saturated heterocycles. The van der Waals surface area contributed by atoms with Crippen molar-refractivity contribution in [3.63, 3.8) is 0 Å². The highest BCUT2D eigenvalue weighted by Crippen LogP contribution is 2.34. The van der Waals surface area contributed by atoms with Gasteiger partial charge < -0.3 is 9.47 Å². The SMILES string of the molecule is CCCc1cc(=O)[nH]c(N/N=C\c2ccc(OCc3c(Cl)ccc(Cl)c3Cl)c(OC)c2)n1. The molecule has 0 radical (unpaired) electrons. The van der Waals surface area contributed by atoms with Gasteiger partial charge >= 0.3 is 0 Å². The molecular formula is C22H21Cl3N4O3. The van der Waals surface area contributed by atoms with Crippen LogP contribution >= 0.6 is 34.8 Å². The lowest BCUT2D eigenvalue weighted by atomic mass is 10.2. The fourth-order valence-corrected chi connectivity index (χ4v) is 3.50. The molecule has 0 bridgehead atoms. The van der Waals surface area contributed by atoms with Crippen molar-refractivity contribution in [1.82, 2.24) is 9.97 Å². The van der Waals surface area contributed by atoms with Crippen LogP contribution < -0.4 is 20.5 Å². The Morgan fingerprint density at radius 3 is 2.66 bits per heavy atom. The second-order valence-corrected chi connectivity index (χ2v) is 7.92. The maximum absolute atomic E-state index is 11.7. The molecule has 3 aromatic rings. The average molecular weight is 496 g/mol. The number of aromatic nitrogens is 2. The Labute approximate surface area is 200 Å². The lowest BCUT2D eigenvalue weighted by Gasteiger charge is -2.13. The minimum Gasteiger partial charge on any atom is -0.493 e. The second kappa shape index (κ2) is 11.2. The van der Waals surface area contributed by atoms with Crippen LogP contribution in [0.2, 0.25) is 15.1 Å². The molecular weight excluding hydrogens is 475 g/mol. The largest absolute Gasteiger partial charge is 0.493 e. The molecule has 3 rings (SSSR count). The Morgan fingerprint density at radius 2 is 1.91 bits per heavy atom. The molecule has 0 aliphatic carbocycles. The molecule has 0 saturated carbocycles. The van der Waals surface area contributed by atoms with E-state index in [9.17, 15) is 4.79 Å². The van der Waals surface area contributed by atoms with Gasteiger partial charge in [0.25, 0.3) is 5.56 Å². The van der Waals surface area contributed by atoms with Crippen LogP contribution in [0.15, 0.2) is 46.3 Å². The summed E-state index contributed by atoms with van der Waals surface area (Å²) in [4.78, 5) is 18.6. The molecule has 1 aromatic heterocycles. The zero-order chi connectivity index (χ0) is 23.1. The molecule has 1 heterocycles. The van der Waals surface area contributed by atoms with Crippen LogP contribution in [-0.4, -0.2) is 23.3 Å². The van der Waals surface area contributed by atoms with Gasteiger partial charge in [-0.15, -0.1) is 0 Å². The van der Waals surface area contributed by atoms with Crippen molar-refractivity contribution >= 4 is 47.0 Å². The molecule has 0 atom stereocenters. The molecule has 7 nitrogen and oxygen atoms in total. The average Bonchev–Trinajstić information content (AvgIpc) is 2.77. The predicted octanol–water partition coefficient (Wildman–Crippen LogP) is 5.72. The molecule has 10 heteroatoms. The van der Waals surface area contributed by atoms with Gasteiger partial charge in [0.1, 0.15) is 6.61 Å². The van der Waals surface area contributed by atoms with E-state index in [0.717, 1.165) is 12.0 Å². The summed E-state index contributed by atoms with van der Waals surface area (Å²) in [5, 5.41) is 5.34. The highest BCUT2D eigenvalue weighted by molar-refractivity contribution is 6.44. The van der Waals surface area contributed by atoms with E-state index in [-0.39, 0.29) is 18.1 Å². The Morgan fingerprint density at radius 1 is 1.12 bits per heavy atom. The number of halogens is 3. The van der Waals surface area contributed by atoms with Crippen molar-refractivity contribution < 1.29 is 9.47 Å². The van der Waals surface area contributed by atoms with Gasteiger partial charge in [-0.2, -0.15) is 5.10 Å². The summed E-state index contributed by atoms with van der Waals surface area (Å²) < 4.78 is 11.3. The van der Waals surface area contributed by atoms with E-state index in [0.29, 0.717) is 44.2 Å². The van der Waals surface area contributed by atoms with Gasteiger partial charge in [-0.05, 0) is 42.3 Å². The molecule has 0 aliphatic heterocycles. The van der Waals surface area contributed by atoms with Crippen molar-refractivity contribution in [2.75, 3.05) is 12.5 Å². The number of methoxy groups -OCH3 is 1. The molecule has 168 valence electrons. The van der Waals surface area contributed by atoms with Gasteiger partial charge in [0.05, 0.1) is 23.4 Å². The Kier molecular flexibility index (Phi) is 8.39. The van der Waals surface area contributed by atoms with E-state index in [1.807, 2.05) is 6.92 Å². The number of benzene rings is 2. The number of nitrogens with one attached hydrogen (secondary N) is 2. The Hall–Kier alpha value is -2.74. The first-order chi connectivity index (χ1) is 15.4. The molecule has 2 N–H and O–H groups in total. The van der Waals surface area contributed by atoms with Crippen LogP contribution in [0.3, 0.4) is 0 Å². The zero-order valence-corrected chi connectivity index (χ0v) is 19.7. The van der Waals surface area contributed by atoms with E-state index in [1.165, 1.54) is 13.2 Å². The number of nitrogens with zero attached hydrogens (tertiary/aromatic N) is 2. The highest BCUT2D eigenvalue weighted by atomic mass is 35.5. The summed E-state index contributed by atoms with van der Waals surface area (Å²) in [6.45, 7) is 2.14. The van der Waals surface area contributed by atoms with Crippen molar-refractivity contribution in [1.29, 1.82) is 0 Å². The van der Waals surface area contributed by atoms with Gasteiger partial charge in [0.2, 0.25) is 5.95 Å². The van der Waals surface area contributed by atoms with Crippen molar-refractivity contribution in [3.05, 3.63) is 78.6 Å². The third-order valence-electron chi connectivity index (χ3n) is 4.38. The van der Waals surface area contributed by atoms with Crippen molar-refractivity contribution in [2.45, 2.75) is 26.4 Å². The summed E-state index contributed by atoms with van der Waals surface area (Å²) >= 11 is 18.5. The van der Waals surface area contributed by atoms with Crippen molar-refractivity contribution in [3.8, 4) is 11.5 Å². The molecule has 32 heavy (non-hydrogen) atoms. The van der Waals surface area contributed by atoms with Crippen LogP contribution in [0, 0.1) is 0 Å². The predicted molar refractivity (Wildman–Crippen MR) is 129 cm³/mol. The number of ether oxygens (including phenoxy) is 2.